The van der Waals surface area contributed by atoms with Gasteiger partial charge < -0.3 is 5.73 Å². The highest BCUT2D eigenvalue weighted by Gasteiger charge is 2.21. The van der Waals surface area contributed by atoms with Gasteiger partial charge in [-0.15, -0.1) is 0 Å². The smallest absolute Gasteiger partial charge is 0.0967 e. The van der Waals surface area contributed by atoms with Gasteiger partial charge in [0.25, 0.3) is 0 Å². The molecule has 2 rings (SSSR count). The van der Waals surface area contributed by atoms with Crippen LogP contribution in [-0.2, 0) is 0 Å². The van der Waals surface area contributed by atoms with E-state index in [1.165, 1.54) is 11.1 Å². The molecule has 106 valence electrons. The number of nitrogens with two attached hydrogens (primary N) is 1. The summed E-state index contributed by atoms with van der Waals surface area (Å²) in [6, 6.07) is 12.3. The van der Waals surface area contributed by atoms with E-state index < -0.39 is 0 Å². The quantitative estimate of drug-likeness (QED) is 0.820. The molecule has 0 aliphatic rings. The Hall–Kier alpha value is -1.03. The molecule has 4 heteroatoms. The van der Waals surface area contributed by atoms with Crippen LogP contribution in [0.3, 0.4) is 0 Å². The number of hydrogen-bond donors (Lipinski definition) is 1. The van der Waals surface area contributed by atoms with E-state index in [0.29, 0.717) is 5.02 Å². The first-order chi connectivity index (χ1) is 9.61. The van der Waals surface area contributed by atoms with Crippen molar-refractivity contribution in [2.45, 2.75) is 36.6 Å². The summed E-state index contributed by atoms with van der Waals surface area (Å²) in [5.74, 6) is 0. The predicted molar refractivity (Wildman–Crippen MR) is 87.3 cm³/mol. The molecule has 2 N–H and O–H groups in total. The molecule has 0 saturated carbocycles. The van der Waals surface area contributed by atoms with E-state index in [1.807, 2.05) is 12.1 Å². The van der Waals surface area contributed by atoms with E-state index in [-0.39, 0.29) is 11.3 Å². The van der Waals surface area contributed by atoms with Crippen molar-refractivity contribution >= 4 is 23.4 Å². The fraction of sp³-hybridized carbons (Fsp3) is 0.312. The van der Waals surface area contributed by atoms with E-state index >= 15 is 0 Å². The van der Waals surface area contributed by atoms with Crippen LogP contribution >= 0.6 is 23.4 Å². The first-order valence-electron chi connectivity index (χ1n) is 6.71. The van der Waals surface area contributed by atoms with Crippen LogP contribution in [0.4, 0.5) is 0 Å². The SMILES string of the molecule is CCC(N)C(Sc1ccc(Cl)cn1)c1ccccc1C. The van der Waals surface area contributed by atoms with Crippen LogP contribution in [-0.4, -0.2) is 11.0 Å². The van der Waals surface area contributed by atoms with Gasteiger partial charge in [-0.1, -0.05) is 54.6 Å². The first-order valence-corrected chi connectivity index (χ1v) is 7.97. The summed E-state index contributed by atoms with van der Waals surface area (Å²) in [6.45, 7) is 4.24. The minimum atomic E-state index is 0.0959. The molecular formula is C16H19ClN2S. The van der Waals surface area contributed by atoms with Crippen LogP contribution in [0.25, 0.3) is 0 Å². The third-order valence-corrected chi connectivity index (χ3v) is 4.87. The fourth-order valence-electron chi connectivity index (χ4n) is 2.06. The molecular weight excluding hydrogens is 288 g/mol. The molecule has 2 atom stereocenters. The maximum absolute atomic E-state index is 6.32. The fourth-order valence-corrected chi connectivity index (χ4v) is 3.45. The lowest BCUT2D eigenvalue weighted by Gasteiger charge is -2.24. The molecule has 2 nitrogen and oxygen atoms in total. The maximum Gasteiger partial charge on any atom is 0.0967 e. The van der Waals surface area contributed by atoms with Gasteiger partial charge in [0.05, 0.1) is 15.3 Å². The van der Waals surface area contributed by atoms with Gasteiger partial charge in [-0.3, -0.25) is 0 Å². The number of nitrogens with zero attached hydrogens (tertiary/aromatic N) is 1. The monoisotopic (exact) mass is 306 g/mol. The number of halogens is 1. The Balaban J connectivity index is 2.29. The van der Waals surface area contributed by atoms with Gasteiger partial charge in [0, 0.05) is 12.2 Å². The van der Waals surface area contributed by atoms with Crippen molar-refractivity contribution in [3.63, 3.8) is 0 Å². The lowest BCUT2D eigenvalue weighted by atomic mass is 10.00. The maximum atomic E-state index is 6.32. The van der Waals surface area contributed by atoms with Crippen LogP contribution in [0.15, 0.2) is 47.6 Å². The molecule has 0 aliphatic heterocycles. The number of thioether (sulfide) groups is 1. The number of aromatic nitrogens is 1. The number of aryl methyl sites for hydroxylation is 1. The Bertz CT molecular complexity index is 557. The van der Waals surface area contributed by atoms with E-state index in [1.54, 1.807) is 18.0 Å². The van der Waals surface area contributed by atoms with Gasteiger partial charge in [-0.2, -0.15) is 0 Å². The molecule has 2 unspecified atom stereocenters. The Morgan fingerprint density at radius 1 is 1.25 bits per heavy atom. The molecule has 0 fully saturated rings. The number of pyridine rings is 1. The standard InChI is InChI=1S/C16H19ClN2S/c1-3-14(18)16(13-7-5-4-6-11(13)2)20-15-9-8-12(17)10-19-15/h4-10,14,16H,3,18H2,1-2H3. The largest absolute Gasteiger partial charge is 0.326 e. The zero-order valence-electron chi connectivity index (χ0n) is 11.7. The average molecular weight is 307 g/mol. The van der Waals surface area contributed by atoms with Crippen molar-refractivity contribution in [2.75, 3.05) is 0 Å². The summed E-state index contributed by atoms with van der Waals surface area (Å²) in [7, 11) is 0. The third-order valence-electron chi connectivity index (χ3n) is 3.30. The van der Waals surface area contributed by atoms with Crippen molar-refractivity contribution in [2.24, 2.45) is 5.73 Å². The van der Waals surface area contributed by atoms with Crippen molar-refractivity contribution < 1.29 is 0 Å². The normalized spacial score (nSPS) is 14.0. The summed E-state index contributed by atoms with van der Waals surface area (Å²) in [4.78, 5) is 4.37. The van der Waals surface area contributed by atoms with Crippen LogP contribution in [0.2, 0.25) is 5.02 Å². The molecule has 2 aromatic rings. The average Bonchev–Trinajstić information content (AvgIpc) is 2.47. The summed E-state index contributed by atoms with van der Waals surface area (Å²) in [5.41, 5.74) is 8.87. The second-order valence-corrected chi connectivity index (χ2v) is 6.38. The van der Waals surface area contributed by atoms with Gasteiger partial charge in [0.1, 0.15) is 0 Å². The molecule has 0 amide bonds. The van der Waals surface area contributed by atoms with Gasteiger partial charge >= 0.3 is 0 Å². The van der Waals surface area contributed by atoms with Crippen molar-refractivity contribution in [1.82, 2.24) is 4.98 Å². The zero-order chi connectivity index (χ0) is 14.5. The molecule has 1 aromatic carbocycles. The Kier molecular flexibility index (Phi) is 5.46. The van der Waals surface area contributed by atoms with Crippen molar-refractivity contribution in [3.05, 3.63) is 58.7 Å². The van der Waals surface area contributed by atoms with Gasteiger partial charge in [0.15, 0.2) is 0 Å². The van der Waals surface area contributed by atoms with E-state index in [4.69, 9.17) is 17.3 Å². The molecule has 1 heterocycles. The lowest BCUT2D eigenvalue weighted by molar-refractivity contribution is 0.631. The van der Waals surface area contributed by atoms with Crippen LogP contribution in [0, 0.1) is 6.92 Å². The molecule has 0 radical (unpaired) electrons. The van der Waals surface area contributed by atoms with Crippen molar-refractivity contribution in [1.29, 1.82) is 0 Å². The molecule has 0 spiro atoms. The van der Waals surface area contributed by atoms with E-state index in [0.717, 1.165) is 11.4 Å². The molecule has 1 aromatic heterocycles. The zero-order valence-corrected chi connectivity index (χ0v) is 13.3. The van der Waals surface area contributed by atoms with Gasteiger partial charge in [0.2, 0.25) is 0 Å². The summed E-state index contributed by atoms with van der Waals surface area (Å²) >= 11 is 7.59. The Morgan fingerprint density at radius 3 is 2.60 bits per heavy atom. The topological polar surface area (TPSA) is 38.9 Å². The second-order valence-electron chi connectivity index (χ2n) is 4.78. The molecule has 0 bridgehead atoms. The van der Waals surface area contributed by atoms with Crippen LogP contribution in [0.1, 0.15) is 29.7 Å². The van der Waals surface area contributed by atoms with Gasteiger partial charge in [-0.25, -0.2) is 4.98 Å². The van der Waals surface area contributed by atoms with E-state index in [9.17, 15) is 0 Å². The van der Waals surface area contributed by atoms with Crippen LogP contribution in [0.5, 0.6) is 0 Å². The Labute approximate surface area is 129 Å². The number of benzene rings is 1. The first kappa shape index (κ1) is 15.4. The van der Waals surface area contributed by atoms with Gasteiger partial charge in [-0.05, 0) is 36.6 Å². The predicted octanol–water partition coefficient (Wildman–Crippen LogP) is 4.61. The number of hydrogen-bond acceptors (Lipinski definition) is 3. The second kappa shape index (κ2) is 7.11. The number of rotatable bonds is 5. The molecule has 20 heavy (non-hydrogen) atoms. The van der Waals surface area contributed by atoms with Crippen molar-refractivity contribution in [3.8, 4) is 0 Å². The molecule has 0 saturated heterocycles. The minimum Gasteiger partial charge on any atom is -0.326 e. The lowest BCUT2D eigenvalue weighted by Crippen LogP contribution is -2.26. The van der Waals surface area contributed by atoms with Crippen LogP contribution < -0.4 is 5.73 Å². The van der Waals surface area contributed by atoms with E-state index in [2.05, 4.69) is 43.1 Å². The molecule has 0 aliphatic carbocycles. The summed E-state index contributed by atoms with van der Waals surface area (Å²) < 4.78 is 0. The highest BCUT2D eigenvalue weighted by atomic mass is 35.5. The third kappa shape index (κ3) is 3.75. The minimum absolute atomic E-state index is 0.0959. The Morgan fingerprint density at radius 2 is 2.00 bits per heavy atom. The highest BCUT2D eigenvalue weighted by molar-refractivity contribution is 7.99. The summed E-state index contributed by atoms with van der Waals surface area (Å²) in [5, 5.41) is 1.81. The highest BCUT2D eigenvalue weighted by Crippen LogP contribution is 2.38. The summed E-state index contributed by atoms with van der Waals surface area (Å²) in [6.07, 6.45) is 2.61.